The van der Waals surface area contributed by atoms with Crippen molar-refractivity contribution in [3.63, 3.8) is 0 Å². The number of sulfonamides is 1. The van der Waals surface area contributed by atoms with Crippen LogP contribution < -0.4 is 4.74 Å². The SMILES string of the molecule is COCc1cn([C@@H]2CCN(S(=O)(=O)c3cc(C(=O)OC)ccc3OC)C2)nn1. The Morgan fingerprint density at radius 3 is 2.75 bits per heavy atom. The maximum absolute atomic E-state index is 13.2. The summed E-state index contributed by atoms with van der Waals surface area (Å²) in [5, 5.41) is 8.08. The molecular formula is C17H22N4O6S. The normalized spacial score (nSPS) is 17.6. The maximum Gasteiger partial charge on any atom is 0.337 e. The molecule has 0 amide bonds. The van der Waals surface area contributed by atoms with Crippen molar-refractivity contribution in [3.8, 4) is 5.75 Å². The number of nitrogens with zero attached hydrogens (tertiary/aromatic N) is 4. The Bertz CT molecular complexity index is 958. The molecule has 10 nitrogen and oxygen atoms in total. The van der Waals surface area contributed by atoms with Crippen molar-refractivity contribution in [2.75, 3.05) is 34.4 Å². The van der Waals surface area contributed by atoms with Crippen LogP contribution in [-0.2, 0) is 26.1 Å². The van der Waals surface area contributed by atoms with Gasteiger partial charge >= 0.3 is 5.97 Å². The van der Waals surface area contributed by atoms with Crippen molar-refractivity contribution in [2.45, 2.75) is 24.0 Å². The Kier molecular flexibility index (Phi) is 5.96. The van der Waals surface area contributed by atoms with Crippen LogP contribution in [0.3, 0.4) is 0 Å². The molecule has 2 aromatic rings. The van der Waals surface area contributed by atoms with Crippen LogP contribution in [0.25, 0.3) is 0 Å². The standard InChI is InChI=1S/C17H22N4O6S/c1-25-11-13-9-21(19-18-13)14-6-7-20(10-14)28(23,24)16-8-12(17(22)27-3)4-5-15(16)26-2/h4-5,8-9,14H,6-7,10-11H2,1-3H3/t14-/m1/s1. The molecule has 2 heterocycles. The molecule has 3 rings (SSSR count). The number of methoxy groups -OCH3 is 3. The van der Waals surface area contributed by atoms with E-state index in [0.717, 1.165) is 0 Å². The van der Waals surface area contributed by atoms with Gasteiger partial charge in [0.25, 0.3) is 0 Å². The van der Waals surface area contributed by atoms with E-state index in [1.165, 1.54) is 36.7 Å². The lowest BCUT2D eigenvalue weighted by Gasteiger charge is -2.19. The summed E-state index contributed by atoms with van der Waals surface area (Å²) in [6.45, 7) is 0.897. The van der Waals surface area contributed by atoms with Gasteiger partial charge in [-0.05, 0) is 24.6 Å². The van der Waals surface area contributed by atoms with Gasteiger partial charge in [-0.3, -0.25) is 0 Å². The highest BCUT2D eigenvalue weighted by Gasteiger charge is 2.36. The zero-order valence-corrected chi connectivity index (χ0v) is 16.7. The van der Waals surface area contributed by atoms with E-state index in [0.29, 0.717) is 25.3 Å². The lowest BCUT2D eigenvalue weighted by molar-refractivity contribution is 0.0600. The average Bonchev–Trinajstić information content (AvgIpc) is 3.37. The second kappa shape index (κ2) is 8.25. The van der Waals surface area contributed by atoms with Crippen LogP contribution in [-0.4, -0.2) is 68.1 Å². The van der Waals surface area contributed by atoms with Crippen molar-refractivity contribution < 1.29 is 27.4 Å². The van der Waals surface area contributed by atoms with Gasteiger partial charge in [-0.1, -0.05) is 5.21 Å². The summed E-state index contributed by atoms with van der Waals surface area (Å²) in [6, 6.07) is 4.05. The number of carbonyl (C=O) groups is 1. The Hall–Kier alpha value is -2.50. The molecule has 0 unspecified atom stereocenters. The molecule has 1 aliphatic heterocycles. The van der Waals surface area contributed by atoms with Gasteiger partial charge in [0.1, 0.15) is 16.3 Å². The molecule has 152 valence electrons. The fourth-order valence-corrected chi connectivity index (χ4v) is 4.79. The molecule has 1 saturated heterocycles. The summed E-state index contributed by atoms with van der Waals surface area (Å²) in [7, 11) is 0.311. The summed E-state index contributed by atoms with van der Waals surface area (Å²) < 4.78 is 44.3. The largest absolute Gasteiger partial charge is 0.495 e. The molecule has 1 fully saturated rings. The minimum absolute atomic E-state index is 0.0720. The quantitative estimate of drug-likeness (QED) is 0.618. The monoisotopic (exact) mass is 410 g/mol. The van der Waals surface area contributed by atoms with Gasteiger partial charge in [0.15, 0.2) is 0 Å². The van der Waals surface area contributed by atoms with Crippen LogP contribution in [0.2, 0.25) is 0 Å². The fourth-order valence-electron chi connectivity index (χ4n) is 3.11. The smallest absolute Gasteiger partial charge is 0.337 e. The van der Waals surface area contributed by atoms with Gasteiger partial charge < -0.3 is 14.2 Å². The molecule has 1 aromatic carbocycles. The Balaban J connectivity index is 1.86. The predicted octanol–water partition coefficient (Wildman–Crippen LogP) is 0.855. The van der Waals surface area contributed by atoms with E-state index >= 15 is 0 Å². The fraction of sp³-hybridized carbons (Fsp3) is 0.471. The second-order valence-electron chi connectivity index (χ2n) is 6.29. The van der Waals surface area contributed by atoms with Gasteiger partial charge in [-0.25, -0.2) is 17.9 Å². The maximum atomic E-state index is 13.2. The Labute approximate surface area is 163 Å². The molecule has 0 N–H and O–H groups in total. The molecule has 1 aliphatic rings. The van der Waals surface area contributed by atoms with Gasteiger partial charge in [-0.2, -0.15) is 4.31 Å². The van der Waals surface area contributed by atoms with Crippen molar-refractivity contribution >= 4 is 16.0 Å². The van der Waals surface area contributed by atoms with Gasteiger partial charge in [0.05, 0.1) is 38.6 Å². The van der Waals surface area contributed by atoms with Gasteiger partial charge in [0.2, 0.25) is 10.0 Å². The number of hydrogen-bond donors (Lipinski definition) is 0. The molecule has 11 heteroatoms. The van der Waals surface area contributed by atoms with E-state index < -0.39 is 16.0 Å². The number of rotatable bonds is 7. The Morgan fingerprint density at radius 2 is 2.07 bits per heavy atom. The summed E-state index contributed by atoms with van der Waals surface area (Å²) in [5.74, 6) is -0.453. The summed E-state index contributed by atoms with van der Waals surface area (Å²) >= 11 is 0. The first kappa shape index (κ1) is 20.2. The zero-order valence-electron chi connectivity index (χ0n) is 15.9. The number of carbonyl (C=O) groups excluding carboxylic acids is 1. The number of aromatic nitrogens is 3. The summed E-state index contributed by atoms with van der Waals surface area (Å²) in [5.41, 5.74) is 0.814. The average molecular weight is 410 g/mol. The second-order valence-corrected chi connectivity index (χ2v) is 8.19. The van der Waals surface area contributed by atoms with Crippen LogP contribution >= 0.6 is 0 Å². The van der Waals surface area contributed by atoms with Crippen LogP contribution in [0.1, 0.15) is 28.5 Å². The van der Waals surface area contributed by atoms with E-state index in [1.54, 1.807) is 18.0 Å². The van der Waals surface area contributed by atoms with Crippen molar-refractivity contribution in [3.05, 3.63) is 35.7 Å². The summed E-state index contributed by atoms with van der Waals surface area (Å²) in [4.78, 5) is 11.7. The van der Waals surface area contributed by atoms with E-state index in [9.17, 15) is 13.2 Å². The molecule has 28 heavy (non-hydrogen) atoms. The number of hydrogen-bond acceptors (Lipinski definition) is 8. The molecule has 1 atom stereocenters. The van der Waals surface area contributed by atoms with Crippen molar-refractivity contribution in [1.82, 2.24) is 19.3 Å². The molecule has 0 bridgehead atoms. The molecule has 0 aliphatic carbocycles. The predicted molar refractivity (Wildman–Crippen MR) is 97.5 cm³/mol. The third-order valence-electron chi connectivity index (χ3n) is 4.55. The van der Waals surface area contributed by atoms with E-state index in [4.69, 9.17) is 9.47 Å². The van der Waals surface area contributed by atoms with Crippen molar-refractivity contribution in [1.29, 1.82) is 0 Å². The first-order chi connectivity index (χ1) is 13.4. The van der Waals surface area contributed by atoms with Gasteiger partial charge in [-0.15, -0.1) is 5.10 Å². The number of esters is 1. The lowest BCUT2D eigenvalue weighted by Crippen LogP contribution is -2.30. The van der Waals surface area contributed by atoms with Crippen LogP contribution in [0.15, 0.2) is 29.3 Å². The lowest BCUT2D eigenvalue weighted by atomic mass is 10.2. The molecule has 0 spiro atoms. The third kappa shape index (κ3) is 3.86. The minimum atomic E-state index is -3.88. The first-order valence-electron chi connectivity index (χ1n) is 8.57. The highest BCUT2D eigenvalue weighted by Crippen LogP contribution is 2.32. The summed E-state index contributed by atoms with van der Waals surface area (Å²) in [6.07, 6.45) is 2.34. The third-order valence-corrected chi connectivity index (χ3v) is 6.44. The van der Waals surface area contributed by atoms with E-state index in [1.807, 2.05) is 0 Å². The molecule has 1 aromatic heterocycles. The topological polar surface area (TPSA) is 113 Å². The molecule has 0 saturated carbocycles. The Morgan fingerprint density at radius 1 is 1.29 bits per heavy atom. The van der Waals surface area contributed by atoms with E-state index in [-0.39, 0.29) is 28.8 Å². The molecular weight excluding hydrogens is 388 g/mol. The number of benzene rings is 1. The zero-order chi connectivity index (χ0) is 20.3. The first-order valence-corrected chi connectivity index (χ1v) is 10.0. The minimum Gasteiger partial charge on any atom is -0.495 e. The molecule has 0 radical (unpaired) electrons. The number of ether oxygens (including phenoxy) is 3. The van der Waals surface area contributed by atoms with Gasteiger partial charge in [0, 0.05) is 20.2 Å². The van der Waals surface area contributed by atoms with Crippen LogP contribution in [0.4, 0.5) is 0 Å². The highest BCUT2D eigenvalue weighted by molar-refractivity contribution is 7.89. The highest BCUT2D eigenvalue weighted by atomic mass is 32.2. The van der Waals surface area contributed by atoms with E-state index in [2.05, 4.69) is 15.0 Å². The van der Waals surface area contributed by atoms with Crippen LogP contribution in [0.5, 0.6) is 5.75 Å². The van der Waals surface area contributed by atoms with Crippen molar-refractivity contribution in [2.24, 2.45) is 0 Å². The van der Waals surface area contributed by atoms with Crippen LogP contribution in [0, 0.1) is 0 Å².